The summed E-state index contributed by atoms with van der Waals surface area (Å²) in [5, 5.41) is 0. The molecule has 4 nitrogen and oxygen atoms in total. The molecular weight excluding hydrogens is 310 g/mol. The third-order valence-corrected chi connectivity index (χ3v) is 6.11. The number of piperidine rings is 2. The van der Waals surface area contributed by atoms with Crippen LogP contribution in [0.2, 0.25) is 0 Å². The molecule has 0 bridgehead atoms. The Morgan fingerprint density at radius 2 is 1.60 bits per heavy atom. The minimum Gasteiger partial charge on any atom is -0.357 e. The van der Waals surface area contributed by atoms with Crippen LogP contribution >= 0.6 is 0 Å². The number of likely N-dealkylation sites (tertiary alicyclic amines) is 2. The number of amides is 1. The molecule has 0 radical (unpaired) electrons. The number of H-pyrrole nitrogens is 1. The van der Waals surface area contributed by atoms with E-state index in [0.29, 0.717) is 11.1 Å². The monoisotopic (exact) mass is 337 g/mol. The van der Waals surface area contributed by atoms with Gasteiger partial charge >= 0.3 is 0 Å². The van der Waals surface area contributed by atoms with Gasteiger partial charge in [0.1, 0.15) is 5.69 Å². The highest BCUT2D eigenvalue weighted by atomic mass is 16.2. The first-order valence-corrected chi connectivity index (χ1v) is 9.43. The van der Waals surface area contributed by atoms with Crippen LogP contribution in [0.5, 0.6) is 0 Å². The molecule has 1 aromatic carbocycles. The first kappa shape index (κ1) is 16.4. The largest absolute Gasteiger partial charge is 0.357 e. The quantitative estimate of drug-likeness (QED) is 0.930. The van der Waals surface area contributed by atoms with Crippen molar-refractivity contribution in [2.24, 2.45) is 5.41 Å². The topological polar surface area (TPSA) is 39.3 Å². The van der Waals surface area contributed by atoms with Crippen LogP contribution in [0.3, 0.4) is 0 Å². The van der Waals surface area contributed by atoms with Crippen LogP contribution in [0.4, 0.5) is 0 Å². The molecule has 2 saturated heterocycles. The van der Waals surface area contributed by atoms with Gasteiger partial charge in [0.2, 0.25) is 0 Å². The van der Waals surface area contributed by atoms with E-state index in [1.807, 2.05) is 23.2 Å². The molecule has 4 rings (SSSR count). The lowest BCUT2D eigenvalue weighted by Crippen LogP contribution is -2.48. The molecule has 2 aromatic rings. The molecule has 0 atom stereocenters. The zero-order chi connectivity index (χ0) is 17.1. The molecule has 1 aromatic heterocycles. The maximum atomic E-state index is 12.5. The van der Waals surface area contributed by atoms with Crippen LogP contribution in [0, 0.1) is 5.41 Å². The molecule has 0 saturated carbocycles. The standard InChI is InChI=1S/C21H27N3O/c25-20(19-7-4-12-22-19)24-15-10-21(11-16-24)8-13-23(14-9-21)17-18-5-2-1-3-6-18/h1-7,12,22H,8-11,13-17H2. The van der Waals surface area contributed by atoms with Crippen LogP contribution in [0.15, 0.2) is 48.7 Å². The molecule has 0 unspecified atom stereocenters. The van der Waals surface area contributed by atoms with Gasteiger partial charge in [-0.05, 0) is 61.9 Å². The Bertz CT molecular complexity index is 677. The maximum Gasteiger partial charge on any atom is 0.270 e. The van der Waals surface area contributed by atoms with Crippen molar-refractivity contribution in [3.63, 3.8) is 0 Å². The number of nitrogens with zero attached hydrogens (tertiary/aromatic N) is 2. The lowest BCUT2D eigenvalue weighted by molar-refractivity contribution is 0.0282. The average molecular weight is 337 g/mol. The van der Waals surface area contributed by atoms with Gasteiger partial charge in [-0.3, -0.25) is 9.69 Å². The van der Waals surface area contributed by atoms with Gasteiger partial charge in [0, 0.05) is 25.8 Å². The van der Waals surface area contributed by atoms with E-state index in [9.17, 15) is 4.79 Å². The minimum absolute atomic E-state index is 0.154. The number of carbonyl (C=O) groups excluding carboxylic acids is 1. The highest BCUT2D eigenvalue weighted by Crippen LogP contribution is 2.41. The Morgan fingerprint density at radius 1 is 0.920 bits per heavy atom. The van der Waals surface area contributed by atoms with Crippen molar-refractivity contribution in [2.45, 2.75) is 32.2 Å². The summed E-state index contributed by atoms with van der Waals surface area (Å²) in [5.74, 6) is 0.154. The Labute approximate surface area is 149 Å². The summed E-state index contributed by atoms with van der Waals surface area (Å²) < 4.78 is 0. The van der Waals surface area contributed by atoms with E-state index in [0.717, 1.165) is 32.5 Å². The second-order valence-corrected chi connectivity index (χ2v) is 7.64. The van der Waals surface area contributed by atoms with Gasteiger partial charge in [-0.2, -0.15) is 0 Å². The molecule has 4 heteroatoms. The molecule has 2 aliphatic rings. The number of nitrogens with one attached hydrogen (secondary N) is 1. The van der Waals surface area contributed by atoms with E-state index in [1.165, 1.54) is 31.5 Å². The van der Waals surface area contributed by atoms with Crippen molar-refractivity contribution in [1.82, 2.24) is 14.8 Å². The summed E-state index contributed by atoms with van der Waals surface area (Å²) in [4.78, 5) is 20.1. The Kier molecular flexibility index (Phi) is 4.62. The molecule has 132 valence electrons. The number of hydrogen-bond acceptors (Lipinski definition) is 2. The lowest BCUT2D eigenvalue weighted by Gasteiger charge is -2.46. The second kappa shape index (κ2) is 7.04. The molecule has 0 aliphatic carbocycles. The van der Waals surface area contributed by atoms with Crippen molar-refractivity contribution in [3.8, 4) is 0 Å². The van der Waals surface area contributed by atoms with Crippen LogP contribution in [-0.4, -0.2) is 46.9 Å². The van der Waals surface area contributed by atoms with Gasteiger partial charge < -0.3 is 9.88 Å². The number of hydrogen-bond donors (Lipinski definition) is 1. The van der Waals surface area contributed by atoms with Gasteiger partial charge in [-0.15, -0.1) is 0 Å². The zero-order valence-electron chi connectivity index (χ0n) is 14.8. The lowest BCUT2D eigenvalue weighted by atomic mass is 9.71. The summed E-state index contributed by atoms with van der Waals surface area (Å²) in [7, 11) is 0. The first-order chi connectivity index (χ1) is 12.2. The number of carbonyl (C=O) groups is 1. The van der Waals surface area contributed by atoms with Crippen LogP contribution in [0.1, 0.15) is 41.7 Å². The van der Waals surface area contributed by atoms with E-state index < -0.39 is 0 Å². The van der Waals surface area contributed by atoms with Crippen molar-refractivity contribution in [2.75, 3.05) is 26.2 Å². The maximum absolute atomic E-state index is 12.5. The normalized spacial score (nSPS) is 20.7. The van der Waals surface area contributed by atoms with Crippen molar-refractivity contribution in [3.05, 3.63) is 59.9 Å². The van der Waals surface area contributed by atoms with Crippen LogP contribution in [0.25, 0.3) is 0 Å². The number of aromatic nitrogens is 1. The van der Waals surface area contributed by atoms with Crippen LogP contribution in [-0.2, 0) is 6.54 Å². The Morgan fingerprint density at radius 3 is 2.24 bits per heavy atom. The summed E-state index contributed by atoms with van der Waals surface area (Å²) in [6.45, 7) is 5.22. The third-order valence-electron chi connectivity index (χ3n) is 6.11. The molecule has 2 fully saturated rings. The molecule has 2 aliphatic heterocycles. The van der Waals surface area contributed by atoms with Gasteiger partial charge in [0.15, 0.2) is 0 Å². The summed E-state index contributed by atoms with van der Waals surface area (Å²) in [5.41, 5.74) is 2.58. The van der Waals surface area contributed by atoms with Crippen molar-refractivity contribution < 1.29 is 4.79 Å². The molecule has 1 spiro atoms. The van der Waals surface area contributed by atoms with Gasteiger partial charge in [-0.25, -0.2) is 0 Å². The van der Waals surface area contributed by atoms with E-state index >= 15 is 0 Å². The molecule has 3 heterocycles. The smallest absolute Gasteiger partial charge is 0.270 e. The SMILES string of the molecule is O=C(c1ccc[nH]1)N1CCC2(CCN(Cc3ccccc3)CC2)CC1. The van der Waals surface area contributed by atoms with E-state index in [1.54, 1.807) is 0 Å². The van der Waals surface area contributed by atoms with Gasteiger partial charge in [-0.1, -0.05) is 30.3 Å². The molecule has 25 heavy (non-hydrogen) atoms. The zero-order valence-corrected chi connectivity index (χ0v) is 14.8. The highest BCUT2D eigenvalue weighted by Gasteiger charge is 2.38. The predicted octanol–water partition coefficient (Wildman–Crippen LogP) is 3.53. The van der Waals surface area contributed by atoms with E-state index in [-0.39, 0.29) is 5.91 Å². The van der Waals surface area contributed by atoms with E-state index in [2.05, 4.69) is 40.2 Å². The predicted molar refractivity (Wildman–Crippen MR) is 99.3 cm³/mol. The first-order valence-electron chi connectivity index (χ1n) is 9.43. The van der Waals surface area contributed by atoms with E-state index in [4.69, 9.17) is 0 Å². The molecule has 1 amide bonds. The van der Waals surface area contributed by atoms with Gasteiger partial charge in [0.05, 0.1) is 0 Å². The number of aromatic amines is 1. The summed E-state index contributed by atoms with van der Waals surface area (Å²) in [6.07, 6.45) is 6.66. The molecule has 1 N–H and O–H groups in total. The Balaban J connectivity index is 1.29. The average Bonchev–Trinajstić information content (AvgIpc) is 3.20. The summed E-state index contributed by atoms with van der Waals surface area (Å²) >= 11 is 0. The van der Waals surface area contributed by atoms with Crippen molar-refractivity contribution >= 4 is 5.91 Å². The van der Waals surface area contributed by atoms with Gasteiger partial charge in [0.25, 0.3) is 5.91 Å². The van der Waals surface area contributed by atoms with Crippen molar-refractivity contribution in [1.29, 1.82) is 0 Å². The third kappa shape index (κ3) is 3.64. The Hall–Kier alpha value is -2.07. The summed E-state index contributed by atoms with van der Waals surface area (Å²) in [6, 6.07) is 14.5. The fourth-order valence-corrected chi connectivity index (χ4v) is 4.34. The van der Waals surface area contributed by atoms with Crippen LogP contribution < -0.4 is 0 Å². The second-order valence-electron chi connectivity index (χ2n) is 7.64. The minimum atomic E-state index is 0.154. The highest BCUT2D eigenvalue weighted by molar-refractivity contribution is 5.92. The number of rotatable bonds is 3. The number of benzene rings is 1. The molecular formula is C21H27N3O. The fourth-order valence-electron chi connectivity index (χ4n) is 4.34. The fraction of sp³-hybridized carbons (Fsp3) is 0.476.